The van der Waals surface area contributed by atoms with Crippen molar-refractivity contribution in [3.8, 4) is 5.75 Å². The Hall–Kier alpha value is -3.86. The fraction of sp³-hybridized carbons (Fsp3) is 0.214. The number of amides is 1. The van der Waals surface area contributed by atoms with E-state index in [1.807, 2.05) is 89.8 Å². The summed E-state index contributed by atoms with van der Waals surface area (Å²) in [5, 5.41) is 0. The Bertz CT molecular complexity index is 1250. The van der Waals surface area contributed by atoms with Crippen molar-refractivity contribution in [2.45, 2.75) is 18.8 Å². The monoisotopic (exact) mass is 438 g/mol. The van der Waals surface area contributed by atoms with Gasteiger partial charge in [-0.3, -0.25) is 4.79 Å². The number of hydrogen-bond acceptors (Lipinski definition) is 4. The van der Waals surface area contributed by atoms with Crippen LogP contribution in [-0.2, 0) is 4.79 Å². The highest BCUT2D eigenvalue weighted by Gasteiger charge is 2.29. The number of benzene rings is 3. The summed E-state index contributed by atoms with van der Waals surface area (Å²) in [7, 11) is 1.65. The lowest BCUT2D eigenvalue weighted by Crippen LogP contribution is -2.38. The Morgan fingerprint density at radius 1 is 0.970 bits per heavy atom. The van der Waals surface area contributed by atoms with E-state index in [1.54, 1.807) is 7.11 Å². The quantitative estimate of drug-likeness (QED) is 0.293. The molecule has 0 bridgehead atoms. The lowest BCUT2D eigenvalue weighted by Gasteiger charge is -2.31. The number of rotatable bonds is 5. The average Bonchev–Trinajstić information content (AvgIpc) is 3.32. The number of hydrogen-bond donors (Lipinski definition) is 0. The highest BCUT2D eigenvalue weighted by Crippen LogP contribution is 2.32. The molecule has 2 heterocycles. The summed E-state index contributed by atoms with van der Waals surface area (Å²) in [6, 6.07) is 25.4. The van der Waals surface area contributed by atoms with Crippen LogP contribution in [0.1, 0.15) is 35.8 Å². The third-order valence-electron chi connectivity index (χ3n) is 6.20. The molecule has 3 aromatic carbocycles. The molecule has 166 valence electrons. The van der Waals surface area contributed by atoms with E-state index >= 15 is 0 Å². The zero-order valence-electron chi connectivity index (χ0n) is 18.6. The lowest BCUT2D eigenvalue weighted by atomic mass is 9.95. The molecule has 0 saturated carbocycles. The number of carbonyl (C=O) groups is 1. The van der Waals surface area contributed by atoms with Crippen molar-refractivity contribution in [2.75, 3.05) is 20.2 Å². The van der Waals surface area contributed by atoms with Crippen molar-refractivity contribution >= 4 is 28.7 Å². The minimum Gasteiger partial charge on any atom is -0.496 e. The molecule has 4 aromatic rings. The van der Waals surface area contributed by atoms with E-state index in [1.165, 1.54) is 0 Å². The van der Waals surface area contributed by atoms with Gasteiger partial charge in [-0.1, -0.05) is 60.7 Å². The maximum Gasteiger partial charge on any atom is 0.254 e. The Balaban J connectivity index is 1.38. The number of aromatic nitrogens is 1. The van der Waals surface area contributed by atoms with Gasteiger partial charge in [0.05, 0.1) is 7.11 Å². The van der Waals surface area contributed by atoms with Crippen LogP contribution in [0.3, 0.4) is 0 Å². The third-order valence-corrected chi connectivity index (χ3v) is 6.20. The first-order valence-corrected chi connectivity index (χ1v) is 11.3. The topological polar surface area (TPSA) is 55.6 Å². The van der Waals surface area contributed by atoms with Crippen LogP contribution in [0.25, 0.3) is 22.7 Å². The van der Waals surface area contributed by atoms with E-state index < -0.39 is 0 Å². The number of ether oxygens (including phenoxy) is 1. The van der Waals surface area contributed by atoms with Gasteiger partial charge in [-0.05, 0) is 42.7 Å². The molecule has 5 rings (SSSR count). The molecule has 0 spiro atoms. The van der Waals surface area contributed by atoms with Crippen molar-refractivity contribution < 1.29 is 13.9 Å². The molecule has 5 nitrogen and oxygen atoms in total. The van der Waals surface area contributed by atoms with Crippen molar-refractivity contribution in [2.24, 2.45) is 0 Å². The first-order chi connectivity index (χ1) is 16.2. The number of piperidine rings is 1. The summed E-state index contributed by atoms with van der Waals surface area (Å²) in [4.78, 5) is 20.3. The van der Waals surface area contributed by atoms with Crippen LogP contribution in [0.2, 0.25) is 0 Å². The Morgan fingerprint density at radius 2 is 1.67 bits per heavy atom. The largest absolute Gasteiger partial charge is 0.496 e. The zero-order chi connectivity index (χ0) is 22.6. The first-order valence-electron chi connectivity index (χ1n) is 11.3. The second kappa shape index (κ2) is 9.33. The van der Waals surface area contributed by atoms with Gasteiger partial charge < -0.3 is 14.1 Å². The SMILES string of the molecule is COc1ccccc1/C=C(/C(=O)N1CCC(c2nc3ccccc3o2)CC1)c1ccccc1. The molecule has 0 unspecified atom stereocenters. The van der Waals surface area contributed by atoms with Crippen LogP contribution in [0.15, 0.2) is 83.3 Å². The van der Waals surface area contributed by atoms with Crippen LogP contribution in [0.4, 0.5) is 0 Å². The van der Waals surface area contributed by atoms with E-state index in [-0.39, 0.29) is 11.8 Å². The maximum absolute atomic E-state index is 13.7. The van der Waals surface area contributed by atoms with Gasteiger partial charge >= 0.3 is 0 Å². The number of methoxy groups -OCH3 is 1. The van der Waals surface area contributed by atoms with Gasteiger partial charge in [-0.2, -0.15) is 0 Å². The highest BCUT2D eigenvalue weighted by atomic mass is 16.5. The predicted octanol–water partition coefficient (Wildman–Crippen LogP) is 5.78. The Labute approximate surface area is 193 Å². The van der Waals surface area contributed by atoms with Gasteiger partial charge in [-0.15, -0.1) is 0 Å². The minimum absolute atomic E-state index is 0.0307. The predicted molar refractivity (Wildman–Crippen MR) is 130 cm³/mol. The second-order valence-corrected chi connectivity index (χ2v) is 8.25. The molecule has 1 saturated heterocycles. The van der Waals surface area contributed by atoms with Crippen LogP contribution < -0.4 is 4.74 Å². The van der Waals surface area contributed by atoms with Crippen molar-refractivity contribution in [1.29, 1.82) is 0 Å². The number of nitrogens with zero attached hydrogens (tertiary/aromatic N) is 2. The number of para-hydroxylation sites is 3. The van der Waals surface area contributed by atoms with Crippen molar-refractivity contribution in [1.82, 2.24) is 9.88 Å². The zero-order valence-corrected chi connectivity index (χ0v) is 18.6. The molecule has 0 atom stereocenters. The average molecular weight is 439 g/mol. The van der Waals surface area contributed by atoms with Crippen LogP contribution in [-0.4, -0.2) is 36.0 Å². The molecular formula is C28H26N2O3. The first kappa shape index (κ1) is 21.0. The molecule has 1 aromatic heterocycles. The van der Waals surface area contributed by atoms with Gasteiger partial charge in [0.2, 0.25) is 0 Å². The molecule has 1 aliphatic rings. The molecule has 0 aliphatic carbocycles. The molecule has 33 heavy (non-hydrogen) atoms. The van der Waals surface area contributed by atoms with E-state index in [9.17, 15) is 4.79 Å². The van der Waals surface area contributed by atoms with Gasteiger partial charge in [0, 0.05) is 30.1 Å². The van der Waals surface area contributed by atoms with E-state index in [0.29, 0.717) is 18.7 Å². The summed E-state index contributed by atoms with van der Waals surface area (Å²) < 4.78 is 11.5. The van der Waals surface area contributed by atoms with Gasteiger partial charge in [-0.25, -0.2) is 4.98 Å². The molecule has 5 heteroatoms. The normalized spacial score (nSPS) is 15.1. The Kier molecular flexibility index (Phi) is 5.94. The fourth-order valence-corrected chi connectivity index (χ4v) is 4.39. The van der Waals surface area contributed by atoms with E-state index in [4.69, 9.17) is 9.15 Å². The molecule has 1 aliphatic heterocycles. The molecule has 1 amide bonds. The smallest absolute Gasteiger partial charge is 0.254 e. The summed E-state index contributed by atoms with van der Waals surface area (Å²) in [5.74, 6) is 1.77. The summed E-state index contributed by atoms with van der Waals surface area (Å²) in [6.07, 6.45) is 3.59. The highest BCUT2D eigenvalue weighted by molar-refractivity contribution is 6.24. The van der Waals surface area contributed by atoms with Crippen LogP contribution in [0, 0.1) is 0 Å². The van der Waals surface area contributed by atoms with Crippen molar-refractivity contribution in [3.05, 3.63) is 95.9 Å². The number of likely N-dealkylation sites (tertiary alicyclic amines) is 1. The Morgan fingerprint density at radius 3 is 2.42 bits per heavy atom. The van der Waals surface area contributed by atoms with Gasteiger partial charge in [0.15, 0.2) is 11.5 Å². The van der Waals surface area contributed by atoms with Gasteiger partial charge in [0.1, 0.15) is 11.3 Å². The molecule has 0 N–H and O–H groups in total. The second-order valence-electron chi connectivity index (χ2n) is 8.25. The van der Waals surface area contributed by atoms with Crippen LogP contribution in [0.5, 0.6) is 5.75 Å². The minimum atomic E-state index is 0.0307. The molecular weight excluding hydrogens is 412 g/mol. The maximum atomic E-state index is 13.7. The summed E-state index contributed by atoms with van der Waals surface area (Å²) in [6.45, 7) is 1.33. The summed E-state index contributed by atoms with van der Waals surface area (Å²) >= 11 is 0. The lowest BCUT2D eigenvalue weighted by molar-refractivity contribution is -0.126. The fourth-order valence-electron chi connectivity index (χ4n) is 4.39. The summed E-state index contributed by atoms with van der Waals surface area (Å²) in [5.41, 5.74) is 4.15. The number of oxazole rings is 1. The molecule has 1 fully saturated rings. The third kappa shape index (κ3) is 4.40. The van der Waals surface area contributed by atoms with E-state index in [2.05, 4.69) is 4.98 Å². The van der Waals surface area contributed by atoms with Crippen molar-refractivity contribution in [3.63, 3.8) is 0 Å². The van der Waals surface area contributed by atoms with Gasteiger partial charge in [0.25, 0.3) is 5.91 Å². The number of carbonyl (C=O) groups excluding carboxylic acids is 1. The van der Waals surface area contributed by atoms with E-state index in [0.717, 1.165) is 46.7 Å². The molecule has 0 radical (unpaired) electrons. The standard InChI is InChI=1S/C28H26N2O3/c1-32-25-13-7-5-11-22(25)19-23(20-9-3-2-4-10-20)28(31)30-17-15-21(16-18-30)27-29-24-12-6-8-14-26(24)33-27/h2-14,19,21H,15-18H2,1H3/b23-19+. The van der Waals surface area contributed by atoms with Crippen LogP contribution >= 0.6 is 0 Å². The number of fused-ring (bicyclic) bond motifs is 1.